The molecule has 72 valence electrons. The SMILES string of the molecule is Nc1c(C=O)oc2ccc(CO)nc12. The molecule has 0 aliphatic rings. The Balaban J connectivity index is 2.74. The molecule has 5 nitrogen and oxygen atoms in total. The predicted octanol–water partition coefficient (Wildman–Crippen LogP) is 0.715. The molecule has 0 amide bonds. The number of hydrogen-bond acceptors (Lipinski definition) is 5. The van der Waals surface area contributed by atoms with Crippen molar-refractivity contribution in [3.63, 3.8) is 0 Å². The topological polar surface area (TPSA) is 89.4 Å². The molecule has 0 unspecified atom stereocenters. The van der Waals surface area contributed by atoms with Gasteiger partial charge < -0.3 is 15.3 Å². The van der Waals surface area contributed by atoms with Crippen molar-refractivity contribution in [1.82, 2.24) is 4.98 Å². The summed E-state index contributed by atoms with van der Waals surface area (Å²) in [6, 6.07) is 3.23. The van der Waals surface area contributed by atoms with E-state index in [1.807, 2.05) is 0 Å². The third kappa shape index (κ3) is 1.14. The van der Waals surface area contributed by atoms with E-state index in [-0.39, 0.29) is 18.1 Å². The summed E-state index contributed by atoms with van der Waals surface area (Å²) >= 11 is 0. The van der Waals surface area contributed by atoms with E-state index in [9.17, 15) is 4.79 Å². The number of nitrogen functional groups attached to an aromatic ring is 1. The lowest BCUT2D eigenvalue weighted by atomic mass is 10.3. The molecule has 2 aromatic heterocycles. The zero-order valence-corrected chi connectivity index (χ0v) is 7.23. The standard InChI is InChI=1S/C9H8N2O3/c10-8-7(4-13)14-6-2-1-5(3-12)11-9(6)8/h1-2,4,12H,3,10H2. The summed E-state index contributed by atoms with van der Waals surface area (Å²) < 4.78 is 5.11. The van der Waals surface area contributed by atoms with Crippen molar-refractivity contribution in [2.45, 2.75) is 6.61 Å². The lowest BCUT2D eigenvalue weighted by molar-refractivity contribution is 0.110. The Bertz CT molecular complexity index is 490. The number of carbonyl (C=O) groups is 1. The van der Waals surface area contributed by atoms with Gasteiger partial charge in [-0.15, -0.1) is 0 Å². The summed E-state index contributed by atoms with van der Waals surface area (Å²) in [5.41, 5.74) is 7.17. The number of aromatic nitrogens is 1. The van der Waals surface area contributed by atoms with Gasteiger partial charge in [-0.25, -0.2) is 4.98 Å². The monoisotopic (exact) mass is 192 g/mol. The average Bonchev–Trinajstić information content (AvgIpc) is 2.55. The lowest BCUT2D eigenvalue weighted by Gasteiger charge is -1.93. The van der Waals surface area contributed by atoms with Crippen molar-refractivity contribution in [3.8, 4) is 0 Å². The largest absolute Gasteiger partial charge is 0.449 e. The molecule has 0 saturated carbocycles. The zero-order valence-electron chi connectivity index (χ0n) is 7.23. The van der Waals surface area contributed by atoms with Gasteiger partial charge in [-0.1, -0.05) is 0 Å². The number of aliphatic hydroxyl groups is 1. The highest BCUT2D eigenvalue weighted by Crippen LogP contribution is 2.25. The Morgan fingerprint density at radius 1 is 1.57 bits per heavy atom. The smallest absolute Gasteiger partial charge is 0.192 e. The van der Waals surface area contributed by atoms with Gasteiger partial charge in [0.25, 0.3) is 0 Å². The van der Waals surface area contributed by atoms with Crippen molar-refractivity contribution < 1.29 is 14.3 Å². The highest BCUT2D eigenvalue weighted by molar-refractivity contribution is 5.95. The number of fused-ring (bicyclic) bond motifs is 1. The van der Waals surface area contributed by atoms with Gasteiger partial charge in [0.2, 0.25) is 0 Å². The van der Waals surface area contributed by atoms with E-state index in [2.05, 4.69) is 4.98 Å². The van der Waals surface area contributed by atoms with E-state index in [1.165, 1.54) is 0 Å². The number of aliphatic hydroxyl groups excluding tert-OH is 1. The van der Waals surface area contributed by atoms with Gasteiger partial charge in [-0.2, -0.15) is 0 Å². The number of furan rings is 1. The molecule has 0 aliphatic carbocycles. The minimum absolute atomic E-state index is 0.0718. The number of nitrogens with zero attached hydrogens (tertiary/aromatic N) is 1. The van der Waals surface area contributed by atoms with Crippen LogP contribution < -0.4 is 5.73 Å². The highest BCUT2D eigenvalue weighted by Gasteiger charge is 2.11. The quantitative estimate of drug-likeness (QED) is 0.684. The first kappa shape index (κ1) is 8.71. The Kier molecular flexibility index (Phi) is 1.94. The van der Waals surface area contributed by atoms with Gasteiger partial charge in [0, 0.05) is 0 Å². The molecular weight excluding hydrogens is 184 g/mol. The molecule has 2 aromatic rings. The van der Waals surface area contributed by atoms with Crippen molar-refractivity contribution in [1.29, 1.82) is 0 Å². The Hall–Kier alpha value is -1.88. The van der Waals surface area contributed by atoms with E-state index < -0.39 is 0 Å². The van der Waals surface area contributed by atoms with Crippen LogP contribution in [0, 0.1) is 0 Å². The number of aldehydes is 1. The van der Waals surface area contributed by atoms with Gasteiger partial charge in [-0.05, 0) is 12.1 Å². The number of carbonyl (C=O) groups excluding carboxylic acids is 1. The lowest BCUT2D eigenvalue weighted by Crippen LogP contribution is -1.92. The number of pyridine rings is 1. The molecule has 5 heteroatoms. The first-order valence-corrected chi connectivity index (χ1v) is 4.00. The van der Waals surface area contributed by atoms with Gasteiger partial charge in [0.1, 0.15) is 11.2 Å². The first-order valence-electron chi connectivity index (χ1n) is 4.00. The molecule has 2 heterocycles. The van der Waals surface area contributed by atoms with Crippen molar-refractivity contribution in [2.75, 3.05) is 5.73 Å². The third-order valence-electron chi connectivity index (χ3n) is 1.93. The van der Waals surface area contributed by atoms with Crippen LogP contribution in [0.1, 0.15) is 16.2 Å². The fourth-order valence-corrected chi connectivity index (χ4v) is 1.23. The summed E-state index contributed by atoms with van der Waals surface area (Å²) in [5, 5.41) is 8.85. The van der Waals surface area contributed by atoms with Gasteiger partial charge in [0.05, 0.1) is 12.3 Å². The van der Waals surface area contributed by atoms with Crippen LogP contribution in [0.2, 0.25) is 0 Å². The van der Waals surface area contributed by atoms with Crippen LogP contribution in [-0.2, 0) is 6.61 Å². The average molecular weight is 192 g/mol. The van der Waals surface area contributed by atoms with Crippen LogP contribution in [0.3, 0.4) is 0 Å². The summed E-state index contributed by atoms with van der Waals surface area (Å²) in [5.74, 6) is 0.0718. The van der Waals surface area contributed by atoms with Crippen LogP contribution in [0.25, 0.3) is 11.1 Å². The van der Waals surface area contributed by atoms with Crippen LogP contribution >= 0.6 is 0 Å². The molecule has 0 radical (unpaired) electrons. The Labute approximate surface area is 79.2 Å². The van der Waals surface area contributed by atoms with Crippen LogP contribution in [-0.4, -0.2) is 16.4 Å². The Morgan fingerprint density at radius 3 is 3.00 bits per heavy atom. The van der Waals surface area contributed by atoms with Crippen LogP contribution in [0.5, 0.6) is 0 Å². The van der Waals surface area contributed by atoms with E-state index in [4.69, 9.17) is 15.3 Å². The minimum atomic E-state index is -0.170. The third-order valence-corrected chi connectivity index (χ3v) is 1.93. The van der Waals surface area contributed by atoms with E-state index in [0.717, 1.165) is 0 Å². The number of nitrogens with two attached hydrogens (primary N) is 1. The fraction of sp³-hybridized carbons (Fsp3) is 0.111. The summed E-state index contributed by atoms with van der Waals surface area (Å²) in [7, 11) is 0. The second-order valence-electron chi connectivity index (χ2n) is 2.81. The zero-order chi connectivity index (χ0) is 10.1. The maximum Gasteiger partial charge on any atom is 0.192 e. The molecule has 0 aromatic carbocycles. The highest BCUT2D eigenvalue weighted by atomic mass is 16.3. The summed E-state index contributed by atoms with van der Waals surface area (Å²) in [6.07, 6.45) is 0.537. The minimum Gasteiger partial charge on any atom is -0.449 e. The van der Waals surface area contributed by atoms with Gasteiger partial charge in [0.15, 0.2) is 17.6 Å². The van der Waals surface area contributed by atoms with Crippen LogP contribution in [0.4, 0.5) is 5.69 Å². The number of hydrogen-bond donors (Lipinski definition) is 2. The molecule has 0 fully saturated rings. The Morgan fingerprint density at radius 2 is 2.36 bits per heavy atom. The summed E-state index contributed by atoms with van der Waals surface area (Å²) in [4.78, 5) is 14.5. The predicted molar refractivity (Wildman–Crippen MR) is 49.7 cm³/mol. The molecule has 14 heavy (non-hydrogen) atoms. The summed E-state index contributed by atoms with van der Waals surface area (Å²) in [6.45, 7) is -0.170. The van der Waals surface area contributed by atoms with E-state index in [1.54, 1.807) is 12.1 Å². The number of anilines is 1. The second kappa shape index (κ2) is 3.12. The maximum absolute atomic E-state index is 10.5. The van der Waals surface area contributed by atoms with Crippen molar-refractivity contribution in [2.24, 2.45) is 0 Å². The van der Waals surface area contributed by atoms with Crippen molar-refractivity contribution >= 4 is 23.1 Å². The molecule has 0 bridgehead atoms. The second-order valence-corrected chi connectivity index (χ2v) is 2.81. The van der Waals surface area contributed by atoms with Gasteiger partial charge in [-0.3, -0.25) is 4.79 Å². The molecule has 0 atom stereocenters. The molecule has 3 N–H and O–H groups in total. The molecular formula is C9H8N2O3. The van der Waals surface area contributed by atoms with E-state index >= 15 is 0 Å². The molecule has 0 spiro atoms. The van der Waals surface area contributed by atoms with Crippen molar-refractivity contribution in [3.05, 3.63) is 23.6 Å². The maximum atomic E-state index is 10.5. The normalized spacial score (nSPS) is 10.6. The van der Waals surface area contributed by atoms with E-state index in [0.29, 0.717) is 23.1 Å². The first-order chi connectivity index (χ1) is 6.76. The van der Waals surface area contributed by atoms with Gasteiger partial charge >= 0.3 is 0 Å². The molecule has 2 rings (SSSR count). The fourth-order valence-electron chi connectivity index (χ4n) is 1.23. The number of rotatable bonds is 2. The molecule has 0 aliphatic heterocycles. The van der Waals surface area contributed by atoms with Crippen LogP contribution in [0.15, 0.2) is 16.5 Å². The molecule has 0 saturated heterocycles.